The van der Waals surface area contributed by atoms with Crippen LogP contribution >= 0.6 is 7.60 Å². The summed E-state index contributed by atoms with van der Waals surface area (Å²) in [6.45, 7) is 0. The summed E-state index contributed by atoms with van der Waals surface area (Å²) in [4.78, 5) is 56.8. The summed E-state index contributed by atoms with van der Waals surface area (Å²) in [5.74, 6) is -5.71. The lowest BCUT2D eigenvalue weighted by atomic mass is 9.87. The Labute approximate surface area is 203 Å². The van der Waals surface area contributed by atoms with Crippen LogP contribution in [0.4, 0.5) is 13.2 Å². The van der Waals surface area contributed by atoms with Crippen molar-refractivity contribution < 1.29 is 61.3 Å². The van der Waals surface area contributed by atoms with Gasteiger partial charge in [-0.2, -0.15) is 13.2 Å². The second-order valence-corrected chi connectivity index (χ2v) is 9.85. The molecule has 2 aliphatic rings. The molecule has 0 spiro atoms. The Balaban J connectivity index is 0.000000572. The zero-order chi connectivity index (χ0) is 27.3. The third-order valence-corrected chi connectivity index (χ3v) is 7.29. The fraction of sp³-hybridized carbons (Fsp3) is 0.524. The molecule has 36 heavy (non-hydrogen) atoms. The number of hydrogen-bond acceptors (Lipinski definition) is 7. The first-order valence-electron chi connectivity index (χ1n) is 10.7. The summed E-state index contributed by atoms with van der Waals surface area (Å²) >= 11 is 0. The van der Waals surface area contributed by atoms with Crippen LogP contribution in [0.15, 0.2) is 30.3 Å². The number of ether oxygens (including phenoxy) is 1. The molecule has 15 heteroatoms. The van der Waals surface area contributed by atoms with Crippen LogP contribution in [0.2, 0.25) is 0 Å². The number of amides is 1. The van der Waals surface area contributed by atoms with E-state index in [1.54, 1.807) is 23.1 Å². The van der Waals surface area contributed by atoms with Gasteiger partial charge in [-0.05, 0) is 31.4 Å². The highest BCUT2D eigenvalue weighted by atomic mass is 31.2. The van der Waals surface area contributed by atoms with Crippen molar-refractivity contribution >= 4 is 36.7 Å². The fourth-order valence-electron chi connectivity index (χ4n) is 4.30. The number of nitrogens with zero attached hydrogens (tertiary/aromatic N) is 1. The minimum atomic E-state index is -5.08. The standard InChI is InChI=1S/C19H24NO8P.C2HF3O2/c1-27-19(24)18-14-8-7-12(20(14)16(21)9-10-17(22)23)11-15(18)28-29(25,26)13-5-3-2-4-6-13;3-2(4,5)1(6)7/h2-6,12,14-15,18H,7-11H2,1H3,(H,22,23)(H,25,26);(H,6,7)/t12-,14+,15-,18+;/m0./s1. The monoisotopic (exact) mass is 539 g/mol. The average Bonchev–Trinajstić information content (AvgIpc) is 3.11. The molecule has 2 fully saturated rings. The predicted octanol–water partition coefficient (Wildman–Crippen LogP) is 1.93. The number of rotatable bonds is 7. The van der Waals surface area contributed by atoms with Crippen molar-refractivity contribution in [1.82, 2.24) is 4.90 Å². The number of hydrogen-bond donors (Lipinski definition) is 3. The second kappa shape index (κ2) is 11.8. The average molecular weight is 539 g/mol. The Morgan fingerprint density at radius 3 is 2.17 bits per heavy atom. The number of piperidine rings is 1. The Morgan fingerprint density at radius 1 is 1.08 bits per heavy atom. The van der Waals surface area contributed by atoms with E-state index in [9.17, 15) is 37.0 Å². The van der Waals surface area contributed by atoms with Crippen LogP contribution in [-0.2, 0) is 33.0 Å². The maximum Gasteiger partial charge on any atom is 0.490 e. The lowest BCUT2D eigenvalue weighted by molar-refractivity contribution is -0.192. The van der Waals surface area contributed by atoms with Gasteiger partial charge in [0.15, 0.2) is 0 Å². The van der Waals surface area contributed by atoms with Gasteiger partial charge in [0.2, 0.25) is 5.91 Å². The van der Waals surface area contributed by atoms with Crippen LogP contribution in [0.3, 0.4) is 0 Å². The van der Waals surface area contributed by atoms with Crippen LogP contribution in [0.25, 0.3) is 0 Å². The van der Waals surface area contributed by atoms with E-state index >= 15 is 0 Å². The smallest absolute Gasteiger partial charge is 0.481 e. The predicted molar refractivity (Wildman–Crippen MR) is 115 cm³/mol. The molecule has 3 N–H and O–H groups in total. The molecule has 5 atom stereocenters. The first kappa shape index (κ1) is 29.3. The maximum absolute atomic E-state index is 12.8. The summed E-state index contributed by atoms with van der Waals surface area (Å²) in [6.07, 6.45) is -5.10. The van der Waals surface area contributed by atoms with Crippen molar-refractivity contribution in [2.45, 2.75) is 56.5 Å². The Kier molecular flexibility index (Phi) is 9.64. The van der Waals surface area contributed by atoms with E-state index < -0.39 is 49.7 Å². The van der Waals surface area contributed by atoms with Gasteiger partial charge in [0.1, 0.15) is 5.92 Å². The highest BCUT2D eigenvalue weighted by Crippen LogP contribution is 2.49. The number of carbonyl (C=O) groups excluding carboxylic acids is 2. The molecule has 2 aliphatic heterocycles. The zero-order valence-electron chi connectivity index (χ0n) is 19.0. The van der Waals surface area contributed by atoms with Gasteiger partial charge in [0.25, 0.3) is 0 Å². The minimum Gasteiger partial charge on any atom is -0.481 e. The van der Waals surface area contributed by atoms with E-state index in [0.29, 0.717) is 12.8 Å². The Hall–Kier alpha value is -2.96. The number of benzene rings is 1. The van der Waals surface area contributed by atoms with Gasteiger partial charge in [0, 0.05) is 18.5 Å². The number of carboxylic acid groups (broad SMARTS) is 2. The number of fused-ring (bicyclic) bond motifs is 2. The van der Waals surface area contributed by atoms with Crippen molar-refractivity contribution in [3.05, 3.63) is 30.3 Å². The van der Waals surface area contributed by atoms with E-state index in [-0.39, 0.29) is 36.5 Å². The fourth-order valence-corrected chi connectivity index (χ4v) is 5.56. The molecule has 0 aliphatic carbocycles. The highest BCUT2D eigenvalue weighted by Gasteiger charge is 2.54. The lowest BCUT2D eigenvalue weighted by Gasteiger charge is -2.43. The summed E-state index contributed by atoms with van der Waals surface area (Å²) in [5.41, 5.74) is 0. The van der Waals surface area contributed by atoms with Crippen molar-refractivity contribution in [2.75, 3.05) is 7.11 Å². The second-order valence-electron chi connectivity index (χ2n) is 8.08. The Bertz CT molecular complexity index is 1020. The largest absolute Gasteiger partial charge is 0.490 e. The molecule has 3 rings (SSSR count). The van der Waals surface area contributed by atoms with E-state index in [0.717, 1.165) is 0 Å². The van der Waals surface area contributed by atoms with E-state index in [2.05, 4.69) is 0 Å². The molecular weight excluding hydrogens is 514 g/mol. The van der Waals surface area contributed by atoms with Crippen molar-refractivity contribution in [3.63, 3.8) is 0 Å². The quantitative estimate of drug-likeness (QED) is 0.344. The van der Waals surface area contributed by atoms with E-state index in [1.807, 2.05) is 0 Å². The number of carbonyl (C=O) groups is 4. The maximum atomic E-state index is 12.8. The molecule has 2 saturated heterocycles. The van der Waals surface area contributed by atoms with Crippen molar-refractivity contribution in [2.24, 2.45) is 5.92 Å². The lowest BCUT2D eigenvalue weighted by Crippen LogP contribution is -2.56. The third-order valence-electron chi connectivity index (χ3n) is 5.78. The molecule has 0 radical (unpaired) electrons. The van der Waals surface area contributed by atoms with E-state index in [4.69, 9.17) is 24.3 Å². The molecule has 0 aromatic heterocycles. The van der Waals surface area contributed by atoms with Gasteiger partial charge in [-0.25, -0.2) is 4.79 Å². The summed E-state index contributed by atoms with van der Waals surface area (Å²) in [6, 6.07) is 7.08. The summed E-state index contributed by atoms with van der Waals surface area (Å²) in [5, 5.41) is 16.1. The summed E-state index contributed by atoms with van der Waals surface area (Å²) in [7, 11) is -2.97. The number of aliphatic carboxylic acids is 2. The first-order chi connectivity index (χ1) is 16.7. The van der Waals surface area contributed by atoms with Crippen LogP contribution in [-0.4, -0.2) is 75.3 Å². The van der Waals surface area contributed by atoms with E-state index in [1.165, 1.54) is 19.2 Å². The van der Waals surface area contributed by atoms with Crippen LogP contribution < -0.4 is 5.30 Å². The molecule has 1 unspecified atom stereocenters. The van der Waals surface area contributed by atoms with Crippen LogP contribution in [0.1, 0.15) is 32.1 Å². The third kappa shape index (κ3) is 7.28. The van der Waals surface area contributed by atoms with Crippen molar-refractivity contribution in [1.29, 1.82) is 0 Å². The molecule has 200 valence electrons. The molecule has 2 heterocycles. The number of carboxylic acids is 2. The molecule has 1 aromatic carbocycles. The van der Waals surface area contributed by atoms with Gasteiger partial charge >= 0.3 is 31.7 Å². The van der Waals surface area contributed by atoms with Gasteiger partial charge in [-0.1, -0.05) is 18.2 Å². The SMILES string of the molecule is COC(=O)[C@H]1[C@@H](OP(=O)(O)c2ccccc2)C[C@@H]2CC[C@H]1N2C(=O)CCC(=O)O.O=C(O)C(F)(F)F. The van der Waals surface area contributed by atoms with Gasteiger partial charge in [-0.3, -0.25) is 18.9 Å². The number of esters is 1. The van der Waals surface area contributed by atoms with Gasteiger partial charge < -0.3 is 29.3 Å². The normalized spacial score (nSPS) is 24.6. The molecule has 11 nitrogen and oxygen atoms in total. The molecular formula is C21H25F3NO10P. The molecule has 2 bridgehead atoms. The molecule has 1 amide bonds. The van der Waals surface area contributed by atoms with Crippen molar-refractivity contribution in [3.8, 4) is 0 Å². The molecule has 1 aromatic rings. The summed E-state index contributed by atoms with van der Waals surface area (Å²) < 4.78 is 55.0. The topological polar surface area (TPSA) is 168 Å². The minimum absolute atomic E-state index is 0.121. The first-order valence-corrected chi connectivity index (χ1v) is 12.2. The van der Waals surface area contributed by atoms with Gasteiger partial charge in [0.05, 0.1) is 24.9 Å². The van der Waals surface area contributed by atoms with Crippen LogP contribution in [0.5, 0.6) is 0 Å². The highest BCUT2D eigenvalue weighted by molar-refractivity contribution is 7.61. The number of alkyl halides is 3. The van der Waals surface area contributed by atoms with Gasteiger partial charge in [-0.15, -0.1) is 0 Å². The number of halogens is 3. The van der Waals surface area contributed by atoms with Crippen LogP contribution in [0, 0.1) is 5.92 Å². The molecule has 0 saturated carbocycles. The number of methoxy groups -OCH3 is 1. The zero-order valence-corrected chi connectivity index (χ0v) is 19.9. The Morgan fingerprint density at radius 2 is 1.67 bits per heavy atom.